The number of halogens is 1. The Labute approximate surface area is 94.6 Å². The molecule has 78 valence electrons. The zero-order valence-electron chi connectivity index (χ0n) is 7.53. The van der Waals surface area contributed by atoms with Gasteiger partial charge in [0.2, 0.25) is 0 Å². The van der Waals surface area contributed by atoms with Crippen LogP contribution in [-0.2, 0) is 14.3 Å². The molecule has 1 saturated heterocycles. The maximum absolute atomic E-state index is 11.3. The number of amides is 1. The molecular weight excluding hydrogens is 301 g/mol. The minimum absolute atomic E-state index is 0.00370. The summed E-state index contributed by atoms with van der Waals surface area (Å²) in [5, 5.41) is 2.68. The van der Waals surface area contributed by atoms with Crippen LogP contribution >= 0.6 is 22.6 Å². The molecule has 4 atom stereocenters. The molecule has 0 aromatic carbocycles. The third-order valence-electron chi connectivity index (χ3n) is 2.65. The molecule has 6 heteroatoms. The first-order valence-electron chi connectivity index (χ1n) is 4.32. The van der Waals surface area contributed by atoms with Gasteiger partial charge < -0.3 is 14.8 Å². The van der Waals surface area contributed by atoms with Crippen molar-refractivity contribution in [3.05, 3.63) is 0 Å². The molecule has 0 spiro atoms. The second-order valence-electron chi connectivity index (χ2n) is 3.43. The first-order chi connectivity index (χ1) is 6.63. The second kappa shape index (κ2) is 3.56. The zero-order chi connectivity index (χ0) is 10.3. The molecule has 14 heavy (non-hydrogen) atoms. The Kier molecular flexibility index (Phi) is 2.54. The van der Waals surface area contributed by atoms with Gasteiger partial charge in [-0.2, -0.15) is 0 Å². The van der Waals surface area contributed by atoms with E-state index >= 15 is 0 Å². The topological polar surface area (TPSA) is 64.6 Å². The number of methoxy groups -OCH3 is 1. The molecule has 5 nitrogen and oxygen atoms in total. The number of nitrogens with one attached hydrogen (secondary N) is 1. The lowest BCUT2D eigenvalue weighted by Gasteiger charge is -2.14. The molecule has 0 unspecified atom stereocenters. The van der Waals surface area contributed by atoms with Crippen LogP contribution in [0.15, 0.2) is 0 Å². The first-order valence-corrected chi connectivity index (χ1v) is 5.57. The Balaban J connectivity index is 2.09. The van der Waals surface area contributed by atoms with Gasteiger partial charge in [-0.25, -0.2) is 4.79 Å². The molecule has 2 aliphatic rings. The van der Waals surface area contributed by atoms with E-state index in [1.54, 1.807) is 0 Å². The number of alkyl halides is 1. The monoisotopic (exact) mass is 311 g/mol. The molecule has 0 aromatic rings. The van der Waals surface area contributed by atoms with Gasteiger partial charge in [-0.1, -0.05) is 22.6 Å². The van der Waals surface area contributed by atoms with E-state index < -0.39 is 0 Å². The van der Waals surface area contributed by atoms with E-state index in [1.165, 1.54) is 7.11 Å². The van der Waals surface area contributed by atoms with E-state index in [1.807, 2.05) is 0 Å². The summed E-state index contributed by atoms with van der Waals surface area (Å²) >= 11 is 2.14. The summed E-state index contributed by atoms with van der Waals surface area (Å²) < 4.78 is 9.75. The van der Waals surface area contributed by atoms with Crippen LogP contribution in [0.5, 0.6) is 0 Å². The lowest BCUT2D eigenvalue weighted by molar-refractivity contribution is -0.145. The quantitative estimate of drug-likeness (QED) is 0.434. The highest BCUT2D eigenvalue weighted by molar-refractivity contribution is 14.1. The number of ether oxygens (including phenoxy) is 2. The van der Waals surface area contributed by atoms with Crippen LogP contribution in [0.4, 0.5) is 4.79 Å². The van der Waals surface area contributed by atoms with Crippen molar-refractivity contribution in [3.63, 3.8) is 0 Å². The summed E-state index contributed by atoms with van der Waals surface area (Å²) in [6, 6.07) is -0.0338. The maximum atomic E-state index is 11.3. The highest BCUT2D eigenvalue weighted by Gasteiger charge is 2.52. The third-order valence-corrected chi connectivity index (χ3v) is 4.23. The van der Waals surface area contributed by atoms with Crippen LogP contribution in [0.25, 0.3) is 0 Å². The third kappa shape index (κ3) is 1.45. The van der Waals surface area contributed by atoms with Gasteiger partial charge in [0.25, 0.3) is 0 Å². The Morgan fingerprint density at radius 3 is 3.00 bits per heavy atom. The summed E-state index contributed by atoms with van der Waals surface area (Å²) in [6.45, 7) is 0. The van der Waals surface area contributed by atoms with Gasteiger partial charge in [0.1, 0.15) is 6.10 Å². The first kappa shape index (κ1) is 10.0. The molecule has 0 bridgehead atoms. The molecule has 1 aliphatic heterocycles. The molecule has 1 amide bonds. The van der Waals surface area contributed by atoms with Crippen molar-refractivity contribution in [1.29, 1.82) is 0 Å². The van der Waals surface area contributed by atoms with Crippen LogP contribution in [0.3, 0.4) is 0 Å². The molecule has 1 heterocycles. The van der Waals surface area contributed by atoms with Crippen molar-refractivity contribution in [3.8, 4) is 0 Å². The highest BCUT2D eigenvalue weighted by Crippen LogP contribution is 2.37. The van der Waals surface area contributed by atoms with Crippen LogP contribution in [0.1, 0.15) is 6.42 Å². The SMILES string of the molecule is COC(=O)[C@@H]1C[C@@H]2NC(=O)O[C@@H]2[C@H]1I. The number of carbonyl (C=O) groups is 2. The average molecular weight is 311 g/mol. The van der Waals surface area contributed by atoms with Gasteiger partial charge in [-0.15, -0.1) is 0 Å². The molecule has 1 saturated carbocycles. The summed E-state index contributed by atoms with van der Waals surface area (Å²) in [4.78, 5) is 22.2. The molecule has 2 fully saturated rings. The number of fused-ring (bicyclic) bond motifs is 1. The fraction of sp³-hybridized carbons (Fsp3) is 0.750. The predicted octanol–water partition coefficient (Wildman–Crippen LogP) is 0.460. The van der Waals surface area contributed by atoms with Crippen LogP contribution in [0, 0.1) is 5.92 Å². The van der Waals surface area contributed by atoms with E-state index in [0.29, 0.717) is 6.42 Å². The number of carbonyl (C=O) groups excluding carboxylic acids is 2. The molecule has 0 aromatic heterocycles. The second-order valence-corrected chi connectivity index (χ2v) is 4.87. The molecule has 0 radical (unpaired) electrons. The largest absolute Gasteiger partial charge is 0.469 e. The zero-order valence-corrected chi connectivity index (χ0v) is 9.68. The van der Waals surface area contributed by atoms with Crippen LogP contribution in [0.2, 0.25) is 0 Å². The Morgan fingerprint density at radius 1 is 1.71 bits per heavy atom. The summed E-state index contributed by atoms with van der Waals surface area (Å²) in [6.07, 6.45) is 0.0358. The predicted molar refractivity (Wildman–Crippen MR) is 55.1 cm³/mol. The lowest BCUT2D eigenvalue weighted by atomic mass is 10.1. The molecule has 1 N–H and O–H groups in total. The Morgan fingerprint density at radius 2 is 2.43 bits per heavy atom. The van der Waals surface area contributed by atoms with Gasteiger partial charge in [-0.05, 0) is 6.42 Å². The van der Waals surface area contributed by atoms with Crippen molar-refractivity contribution < 1.29 is 19.1 Å². The van der Waals surface area contributed by atoms with E-state index in [4.69, 9.17) is 4.74 Å². The van der Waals surface area contributed by atoms with E-state index in [-0.39, 0.29) is 34.1 Å². The average Bonchev–Trinajstić information content (AvgIpc) is 2.64. The van der Waals surface area contributed by atoms with Gasteiger partial charge in [-0.3, -0.25) is 4.79 Å². The Bertz CT molecular complexity index is 283. The van der Waals surface area contributed by atoms with Crippen molar-refractivity contribution >= 4 is 34.7 Å². The number of alkyl carbamates (subject to hydrolysis) is 1. The summed E-state index contributed by atoms with van der Waals surface area (Å²) in [7, 11) is 1.37. The van der Waals surface area contributed by atoms with E-state index in [0.717, 1.165) is 0 Å². The smallest absolute Gasteiger partial charge is 0.407 e. The number of rotatable bonds is 1. The lowest BCUT2D eigenvalue weighted by Crippen LogP contribution is -2.28. The highest BCUT2D eigenvalue weighted by atomic mass is 127. The minimum Gasteiger partial charge on any atom is -0.469 e. The normalized spacial score (nSPS) is 40.0. The van der Waals surface area contributed by atoms with Crippen molar-refractivity contribution in [2.45, 2.75) is 22.5 Å². The fourth-order valence-corrected chi connectivity index (χ4v) is 3.20. The molecule has 2 rings (SSSR count). The molecular formula is C8H10INO4. The van der Waals surface area contributed by atoms with Gasteiger partial charge in [0.05, 0.1) is 23.0 Å². The van der Waals surface area contributed by atoms with Gasteiger partial charge >= 0.3 is 12.1 Å². The van der Waals surface area contributed by atoms with E-state index in [2.05, 4.69) is 32.6 Å². The van der Waals surface area contributed by atoms with Crippen molar-refractivity contribution in [2.24, 2.45) is 5.92 Å². The molecule has 1 aliphatic carbocycles. The maximum Gasteiger partial charge on any atom is 0.407 e. The van der Waals surface area contributed by atoms with Crippen LogP contribution in [-0.4, -0.2) is 35.2 Å². The standard InChI is InChI=1S/C8H10INO4/c1-13-7(11)3-2-4-6(5(3)9)14-8(12)10-4/h3-6H,2H2,1H3,(H,10,12)/t3-,4+,5+,6+/m1/s1. The van der Waals surface area contributed by atoms with Crippen molar-refractivity contribution in [2.75, 3.05) is 7.11 Å². The van der Waals surface area contributed by atoms with Crippen molar-refractivity contribution in [1.82, 2.24) is 5.32 Å². The summed E-state index contributed by atoms with van der Waals surface area (Å²) in [5.41, 5.74) is 0. The van der Waals surface area contributed by atoms with Gasteiger partial charge in [0.15, 0.2) is 0 Å². The van der Waals surface area contributed by atoms with Crippen LogP contribution < -0.4 is 5.32 Å². The van der Waals surface area contributed by atoms with Gasteiger partial charge in [0, 0.05) is 0 Å². The number of hydrogen-bond donors (Lipinski definition) is 1. The minimum atomic E-state index is -0.384. The Hall–Kier alpha value is -0.530. The van der Waals surface area contributed by atoms with E-state index in [9.17, 15) is 9.59 Å². The fourth-order valence-electron chi connectivity index (χ4n) is 1.96. The summed E-state index contributed by atoms with van der Waals surface area (Å²) in [5.74, 6) is -0.396. The number of esters is 1. The number of hydrogen-bond acceptors (Lipinski definition) is 4.